The molecule has 0 amide bonds. The number of ether oxygens (including phenoxy) is 3. The van der Waals surface area contributed by atoms with Crippen LogP contribution in [-0.4, -0.2) is 37.2 Å². The summed E-state index contributed by atoms with van der Waals surface area (Å²) in [6, 6.07) is 0. The van der Waals surface area contributed by atoms with Gasteiger partial charge in [0.2, 0.25) is 0 Å². The first-order valence-electron chi connectivity index (χ1n) is 29.1. The quantitative estimate of drug-likeness (QED) is 0.0262. The molecule has 0 aliphatic heterocycles. The predicted octanol–water partition coefficient (Wildman–Crippen LogP) is 19.4. The highest BCUT2D eigenvalue weighted by atomic mass is 16.6. The zero-order chi connectivity index (χ0) is 48.6. The molecule has 6 heteroatoms. The summed E-state index contributed by atoms with van der Waals surface area (Å²) >= 11 is 0. The SMILES string of the molecule is CCCCCCC/C=C\C/C=C\C/C=C\CCCCCCCCCCCCC(=O)OCC(COC(=O)CCCCCCCC)OC(=O)CCCCCCCCC/C=C\CCCCCCCCC. The van der Waals surface area contributed by atoms with Crippen molar-refractivity contribution in [2.24, 2.45) is 0 Å². The summed E-state index contributed by atoms with van der Waals surface area (Å²) in [4.78, 5) is 37.9. The third kappa shape index (κ3) is 54.2. The summed E-state index contributed by atoms with van der Waals surface area (Å²) in [6.07, 6.45) is 68.5. The van der Waals surface area contributed by atoms with E-state index in [1.54, 1.807) is 0 Å². The van der Waals surface area contributed by atoms with Crippen molar-refractivity contribution in [2.45, 2.75) is 309 Å². The van der Waals surface area contributed by atoms with Crippen LogP contribution >= 0.6 is 0 Å². The van der Waals surface area contributed by atoms with Gasteiger partial charge in [-0.1, -0.05) is 249 Å². The van der Waals surface area contributed by atoms with Crippen LogP contribution in [0.25, 0.3) is 0 Å². The molecular weight excluding hydrogens is 829 g/mol. The van der Waals surface area contributed by atoms with E-state index in [0.29, 0.717) is 19.3 Å². The van der Waals surface area contributed by atoms with E-state index in [9.17, 15) is 14.4 Å². The first kappa shape index (κ1) is 64.4. The minimum Gasteiger partial charge on any atom is -0.462 e. The maximum Gasteiger partial charge on any atom is 0.306 e. The Morgan fingerprint density at radius 1 is 0.299 bits per heavy atom. The molecular formula is C61H110O6. The van der Waals surface area contributed by atoms with Crippen molar-refractivity contribution in [1.82, 2.24) is 0 Å². The Hall–Kier alpha value is -2.63. The molecule has 0 fully saturated rings. The van der Waals surface area contributed by atoms with Gasteiger partial charge in [-0.3, -0.25) is 14.4 Å². The molecule has 0 rings (SSSR count). The Morgan fingerprint density at radius 3 is 0.851 bits per heavy atom. The summed E-state index contributed by atoms with van der Waals surface area (Å²) in [6.45, 7) is 6.59. The molecule has 0 aliphatic rings. The summed E-state index contributed by atoms with van der Waals surface area (Å²) in [5.74, 6) is -0.881. The molecule has 0 saturated heterocycles. The first-order valence-corrected chi connectivity index (χ1v) is 29.1. The molecule has 0 aromatic rings. The normalized spacial score (nSPS) is 12.3. The second-order valence-electron chi connectivity index (χ2n) is 19.6. The smallest absolute Gasteiger partial charge is 0.306 e. The molecule has 1 atom stereocenters. The average Bonchev–Trinajstić information content (AvgIpc) is 3.33. The van der Waals surface area contributed by atoms with E-state index >= 15 is 0 Å². The molecule has 1 unspecified atom stereocenters. The van der Waals surface area contributed by atoms with Crippen molar-refractivity contribution in [3.8, 4) is 0 Å². The van der Waals surface area contributed by atoms with Gasteiger partial charge in [0.05, 0.1) is 0 Å². The highest BCUT2D eigenvalue weighted by Crippen LogP contribution is 2.16. The van der Waals surface area contributed by atoms with E-state index in [4.69, 9.17) is 14.2 Å². The highest BCUT2D eigenvalue weighted by Gasteiger charge is 2.19. The monoisotopic (exact) mass is 939 g/mol. The number of hydrogen-bond donors (Lipinski definition) is 0. The molecule has 0 radical (unpaired) electrons. The van der Waals surface area contributed by atoms with Gasteiger partial charge in [0, 0.05) is 19.3 Å². The molecule has 6 nitrogen and oxygen atoms in total. The minimum absolute atomic E-state index is 0.0747. The number of allylic oxidation sites excluding steroid dienone is 8. The number of unbranched alkanes of at least 4 members (excludes halogenated alkanes) is 34. The predicted molar refractivity (Wildman–Crippen MR) is 289 cm³/mol. The van der Waals surface area contributed by atoms with Crippen LogP contribution in [-0.2, 0) is 28.6 Å². The van der Waals surface area contributed by atoms with Crippen LogP contribution in [0.1, 0.15) is 303 Å². The van der Waals surface area contributed by atoms with E-state index in [0.717, 1.165) is 70.6 Å². The van der Waals surface area contributed by atoms with E-state index in [1.165, 1.54) is 193 Å². The lowest BCUT2D eigenvalue weighted by molar-refractivity contribution is -0.167. The Morgan fingerprint density at radius 2 is 0.537 bits per heavy atom. The zero-order valence-electron chi connectivity index (χ0n) is 44.7. The van der Waals surface area contributed by atoms with Crippen LogP contribution in [0, 0.1) is 0 Å². The lowest BCUT2D eigenvalue weighted by Crippen LogP contribution is -2.30. The average molecular weight is 940 g/mol. The largest absolute Gasteiger partial charge is 0.462 e. The van der Waals surface area contributed by atoms with Crippen molar-refractivity contribution >= 4 is 17.9 Å². The number of hydrogen-bond acceptors (Lipinski definition) is 6. The third-order valence-corrected chi connectivity index (χ3v) is 12.8. The molecule has 67 heavy (non-hydrogen) atoms. The van der Waals surface area contributed by atoms with Crippen LogP contribution in [0.4, 0.5) is 0 Å². The summed E-state index contributed by atoms with van der Waals surface area (Å²) in [7, 11) is 0. The summed E-state index contributed by atoms with van der Waals surface area (Å²) < 4.78 is 16.8. The molecule has 0 heterocycles. The fourth-order valence-electron chi connectivity index (χ4n) is 8.39. The van der Waals surface area contributed by atoms with Crippen molar-refractivity contribution in [1.29, 1.82) is 0 Å². The van der Waals surface area contributed by atoms with Gasteiger partial charge in [0.1, 0.15) is 13.2 Å². The van der Waals surface area contributed by atoms with Gasteiger partial charge < -0.3 is 14.2 Å². The topological polar surface area (TPSA) is 78.9 Å². The number of esters is 3. The molecule has 0 aromatic heterocycles. The molecule has 0 aromatic carbocycles. The van der Waals surface area contributed by atoms with Gasteiger partial charge in [0.25, 0.3) is 0 Å². The second-order valence-corrected chi connectivity index (χ2v) is 19.6. The Balaban J connectivity index is 4.12. The summed E-state index contributed by atoms with van der Waals surface area (Å²) in [5.41, 5.74) is 0. The zero-order valence-corrected chi connectivity index (χ0v) is 44.7. The molecule has 390 valence electrons. The van der Waals surface area contributed by atoms with Gasteiger partial charge in [-0.2, -0.15) is 0 Å². The van der Waals surface area contributed by atoms with Crippen molar-refractivity contribution in [3.63, 3.8) is 0 Å². The lowest BCUT2D eigenvalue weighted by Gasteiger charge is -2.18. The Bertz CT molecular complexity index is 1170. The van der Waals surface area contributed by atoms with E-state index in [1.807, 2.05) is 0 Å². The second kappa shape index (κ2) is 56.0. The highest BCUT2D eigenvalue weighted by molar-refractivity contribution is 5.71. The molecule has 0 spiro atoms. The molecule has 0 aliphatic carbocycles. The Labute approximate surface area is 416 Å². The van der Waals surface area contributed by atoms with Crippen LogP contribution in [0.2, 0.25) is 0 Å². The fourth-order valence-corrected chi connectivity index (χ4v) is 8.39. The standard InChI is InChI=1S/C61H110O6/c1-4-7-10-13-16-18-20-22-24-26-28-29-30-31-32-33-34-36-37-39-41-43-45-48-51-54-60(63)66-57-58(56-65-59(62)53-50-47-15-12-9-6-3)67-61(64)55-52-49-46-44-42-40-38-35-27-25-23-21-19-17-14-11-8-5-2/h20,22,25-28,30-31,58H,4-19,21,23-24,29,32-57H2,1-3H3/b22-20-,27-25-,28-26-,31-30-. The van der Waals surface area contributed by atoms with Crippen molar-refractivity contribution < 1.29 is 28.6 Å². The van der Waals surface area contributed by atoms with Crippen LogP contribution in [0.5, 0.6) is 0 Å². The van der Waals surface area contributed by atoms with Crippen LogP contribution in [0.15, 0.2) is 48.6 Å². The Kier molecular flexibility index (Phi) is 53.8. The van der Waals surface area contributed by atoms with Gasteiger partial charge in [-0.25, -0.2) is 0 Å². The molecule has 0 bridgehead atoms. The van der Waals surface area contributed by atoms with Crippen molar-refractivity contribution in [2.75, 3.05) is 13.2 Å². The number of carbonyl (C=O) groups is 3. The van der Waals surface area contributed by atoms with Gasteiger partial charge in [0.15, 0.2) is 6.10 Å². The molecule has 0 N–H and O–H groups in total. The van der Waals surface area contributed by atoms with Crippen LogP contribution in [0.3, 0.4) is 0 Å². The molecule has 0 saturated carbocycles. The maximum absolute atomic E-state index is 12.8. The minimum atomic E-state index is -0.773. The third-order valence-electron chi connectivity index (χ3n) is 12.8. The van der Waals surface area contributed by atoms with E-state index < -0.39 is 6.10 Å². The number of rotatable bonds is 53. The van der Waals surface area contributed by atoms with E-state index in [-0.39, 0.29) is 31.1 Å². The van der Waals surface area contributed by atoms with Gasteiger partial charge >= 0.3 is 17.9 Å². The van der Waals surface area contributed by atoms with Crippen molar-refractivity contribution in [3.05, 3.63) is 48.6 Å². The maximum atomic E-state index is 12.8. The first-order chi connectivity index (χ1) is 33.0. The summed E-state index contributed by atoms with van der Waals surface area (Å²) in [5, 5.41) is 0. The lowest BCUT2D eigenvalue weighted by atomic mass is 10.1. The fraction of sp³-hybridized carbons (Fsp3) is 0.820. The van der Waals surface area contributed by atoms with E-state index in [2.05, 4.69) is 69.4 Å². The van der Waals surface area contributed by atoms with Crippen LogP contribution < -0.4 is 0 Å². The van der Waals surface area contributed by atoms with Gasteiger partial charge in [-0.05, 0) is 83.5 Å². The number of carbonyl (C=O) groups excluding carboxylic acids is 3. The van der Waals surface area contributed by atoms with Gasteiger partial charge in [-0.15, -0.1) is 0 Å².